The number of fused-ring (bicyclic) bond motifs is 5. The molecule has 8 rings (SSSR count). The van der Waals surface area contributed by atoms with E-state index in [9.17, 15) is 0 Å². The molecule has 2 aliphatic heterocycles. The van der Waals surface area contributed by atoms with Gasteiger partial charge in [0.2, 0.25) is 0 Å². The molecule has 212 valence electrons. The molecule has 0 amide bonds. The van der Waals surface area contributed by atoms with Gasteiger partial charge in [-0.1, -0.05) is 56.2 Å². The summed E-state index contributed by atoms with van der Waals surface area (Å²) in [5.74, 6) is 3.61. The van der Waals surface area contributed by atoms with Crippen LogP contribution in [0.3, 0.4) is 0 Å². The van der Waals surface area contributed by atoms with Gasteiger partial charge in [-0.25, -0.2) is 4.98 Å². The largest absolute Gasteiger partial charge is 0.513 e. The standard InChI is InChI=1S/C35H27N4O2.Pt/c1-35(2,3)22-16-17-36-33(18-22)39-27-9-6-5-8-25(27)26-14-12-23(19-29(26)39)40-24-13-15-31-30(20-24)38-21-37(4)28-10-7-11-32(41-31)34(28)38;/h5-18,21H,1-4H3;/q-3;. The number of para-hydroxylation sites is 2. The molecule has 0 spiro atoms. The molecule has 6 aromatic rings. The van der Waals surface area contributed by atoms with Crippen molar-refractivity contribution in [2.75, 3.05) is 16.8 Å². The topological polar surface area (TPSA) is 42.8 Å². The molecule has 0 bridgehead atoms. The second-order valence-electron chi connectivity index (χ2n) is 11.5. The molecule has 0 fully saturated rings. The van der Waals surface area contributed by atoms with E-state index in [0.29, 0.717) is 11.5 Å². The summed E-state index contributed by atoms with van der Waals surface area (Å²) in [7, 11) is 2.03. The summed E-state index contributed by atoms with van der Waals surface area (Å²) >= 11 is 0. The Hall–Kier alpha value is -4.28. The van der Waals surface area contributed by atoms with Crippen LogP contribution in [0.4, 0.5) is 17.1 Å². The average molecular weight is 731 g/mol. The van der Waals surface area contributed by atoms with Crippen LogP contribution in [0.2, 0.25) is 0 Å². The zero-order chi connectivity index (χ0) is 27.9. The van der Waals surface area contributed by atoms with Crippen molar-refractivity contribution in [3.8, 4) is 28.8 Å². The number of hydrogen-bond donors (Lipinski definition) is 0. The molecule has 0 saturated carbocycles. The number of ether oxygens (including phenoxy) is 2. The number of hydrogen-bond acceptors (Lipinski definition) is 5. The van der Waals surface area contributed by atoms with Crippen LogP contribution in [0.1, 0.15) is 26.3 Å². The quantitative estimate of drug-likeness (QED) is 0.171. The van der Waals surface area contributed by atoms with Crippen LogP contribution in [-0.2, 0) is 26.5 Å². The van der Waals surface area contributed by atoms with Crippen LogP contribution in [0, 0.1) is 18.8 Å². The molecule has 2 aromatic heterocycles. The average Bonchev–Trinajstić information content (AvgIpc) is 3.48. The summed E-state index contributed by atoms with van der Waals surface area (Å²) in [6, 6.07) is 33.6. The molecular formula is C35H27N4O2Pt-3. The minimum atomic E-state index is 0. The van der Waals surface area contributed by atoms with Gasteiger partial charge in [0.05, 0.1) is 5.69 Å². The summed E-state index contributed by atoms with van der Waals surface area (Å²) in [4.78, 5) is 8.97. The van der Waals surface area contributed by atoms with Gasteiger partial charge in [-0.2, -0.15) is 12.7 Å². The van der Waals surface area contributed by atoms with E-state index < -0.39 is 0 Å². The molecule has 42 heavy (non-hydrogen) atoms. The van der Waals surface area contributed by atoms with Crippen molar-refractivity contribution in [3.05, 3.63) is 109 Å². The normalized spacial score (nSPS) is 13.5. The Bertz CT molecular complexity index is 2010. The second-order valence-corrected chi connectivity index (χ2v) is 11.5. The van der Waals surface area contributed by atoms with Crippen molar-refractivity contribution in [2.45, 2.75) is 26.2 Å². The maximum Gasteiger partial charge on any atom is 0.135 e. The zero-order valence-corrected chi connectivity index (χ0v) is 25.9. The van der Waals surface area contributed by atoms with E-state index in [1.54, 1.807) is 0 Å². The molecule has 7 heteroatoms. The van der Waals surface area contributed by atoms with E-state index in [1.807, 2.05) is 50.2 Å². The molecule has 0 atom stereocenters. The van der Waals surface area contributed by atoms with E-state index in [2.05, 4.69) is 95.8 Å². The first-order chi connectivity index (χ1) is 19.8. The Balaban J connectivity index is 0.00000288. The van der Waals surface area contributed by atoms with Gasteiger partial charge in [0.25, 0.3) is 0 Å². The van der Waals surface area contributed by atoms with E-state index in [4.69, 9.17) is 14.5 Å². The van der Waals surface area contributed by atoms with Crippen LogP contribution in [0.15, 0.2) is 85.1 Å². The summed E-state index contributed by atoms with van der Waals surface area (Å²) < 4.78 is 14.8. The van der Waals surface area contributed by atoms with Gasteiger partial charge in [0.15, 0.2) is 0 Å². The number of nitrogens with zero attached hydrogens (tertiary/aromatic N) is 4. The first-order valence-corrected chi connectivity index (χ1v) is 13.7. The maximum atomic E-state index is 6.39. The van der Waals surface area contributed by atoms with Crippen LogP contribution in [0.25, 0.3) is 27.6 Å². The fraction of sp³-hybridized carbons (Fsp3) is 0.143. The number of rotatable bonds is 3. The Labute approximate surface area is 259 Å². The Morgan fingerprint density at radius 1 is 0.857 bits per heavy atom. The zero-order valence-electron chi connectivity index (χ0n) is 23.6. The van der Waals surface area contributed by atoms with Gasteiger partial charge in [-0.05, 0) is 53.7 Å². The van der Waals surface area contributed by atoms with Crippen molar-refractivity contribution in [1.82, 2.24) is 9.55 Å². The van der Waals surface area contributed by atoms with Gasteiger partial charge >= 0.3 is 0 Å². The van der Waals surface area contributed by atoms with Crippen molar-refractivity contribution >= 4 is 38.9 Å². The van der Waals surface area contributed by atoms with Crippen molar-refractivity contribution < 1.29 is 30.5 Å². The summed E-state index contributed by atoms with van der Waals surface area (Å²) in [6.45, 7) is 8.69. The molecule has 0 unspecified atom stereocenters. The van der Waals surface area contributed by atoms with E-state index in [0.717, 1.165) is 56.2 Å². The number of aromatic nitrogens is 2. The van der Waals surface area contributed by atoms with E-state index in [1.165, 1.54) is 5.56 Å². The third kappa shape index (κ3) is 4.08. The molecule has 4 heterocycles. The van der Waals surface area contributed by atoms with Crippen molar-refractivity contribution in [3.63, 3.8) is 0 Å². The number of anilines is 3. The Morgan fingerprint density at radius 2 is 1.67 bits per heavy atom. The van der Waals surface area contributed by atoms with Gasteiger partial charge in [-0.3, -0.25) is 0 Å². The molecule has 0 saturated heterocycles. The number of benzene rings is 4. The number of pyridine rings is 1. The molecule has 4 aromatic carbocycles. The van der Waals surface area contributed by atoms with Crippen LogP contribution < -0.4 is 19.3 Å². The summed E-state index contributed by atoms with van der Waals surface area (Å²) in [5.41, 5.74) is 6.13. The van der Waals surface area contributed by atoms with E-state index >= 15 is 0 Å². The predicted molar refractivity (Wildman–Crippen MR) is 163 cm³/mol. The van der Waals surface area contributed by atoms with Crippen LogP contribution >= 0.6 is 0 Å². The molecular weight excluding hydrogens is 703 g/mol. The van der Waals surface area contributed by atoms with Gasteiger partial charge in [0, 0.05) is 55.7 Å². The first-order valence-electron chi connectivity index (χ1n) is 13.7. The monoisotopic (exact) mass is 730 g/mol. The maximum absolute atomic E-state index is 6.39. The smallest absolute Gasteiger partial charge is 0.135 e. The Morgan fingerprint density at radius 3 is 2.52 bits per heavy atom. The Kier molecular flexibility index (Phi) is 6.11. The van der Waals surface area contributed by atoms with Crippen LogP contribution in [0.5, 0.6) is 23.0 Å². The molecule has 0 N–H and O–H groups in total. The molecule has 2 aliphatic rings. The molecule has 6 nitrogen and oxygen atoms in total. The fourth-order valence-corrected chi connectivity index (χ4v) is 5.77. The van der Waals surface area contributed by atoms with Gasteiger partial charge in [-0.15, -0.1) is 35.7 Å². The summed E-state index contributed by atoms with van der Waals surface area (Å²) in [6.07, 6.45) is 1.89. The van der Waals surface area contributed by atoms with Crippen LogP contribution in [-0.4, -0.2) is 16.6 Å². The van der Waals surface area contributed by atoms with Gasteiger partial charge < -0.3 is 23.8 Å². The van der Waals surface area contributed by atoms with E-state index in [-0.39, 0.29) is 26.5 Å². The molecule has 0 radical (unpaired) electrons. The van der Waals surface area contributed by atoms with Crippen molar-refractivity contribution in [1.29, 1.82) is 0 Å². The minimum absolute atomic E-state index is 0. The molecule has 0 aliphatic carbocycles. The SMILES string of the molecule is CN1[CH-]N2c3[c-]c(Oc4[c-]c5c(cc4)c4ccccc4n5-c4cc(C(C)(C)C)ccn4)ccc3Oc3cccc1c32.[Pt]. The van der Waals surface area contributed by atoms with Crippen molar-refractivity contribution in [2.24, 2.45) is 0 Å². The summed E-state index contributed by atoms with van der Waals surface area (Å²) in [5, 5.41) is 2.24. The fourth-order valence-electron chi connectivity index (χ4n) is 5.77. The third-order valence-electron chi connectivity index (χ3n) is 7.83. The first kappa shape index (κ1) is 26.6. The van der Waals surface area contributed by atoms with Gasteiger partial charge in [0.1, 0.15) is 11.6 Å². The predicted octanol–water partition coefficient (Wildman–Crippen LogP) is 8.68. The third-order valence-corrected chi connectivity index (χ3v) is 7.83. The minimum Gasteiger partial charge on any atom is -0.513 e. The second kappa shape index (κ2) is 9.64.